The summed E-state index contributed by atoms with van der Waals surface area (Å²) in [4.78, 5) is 4.58. The Morgan fingerprint density at radius 1 is 0.778 bits per heavy atom. The van der Waals surface area contributed by atoms with Gasteiger partial charge in [0.25, 0.3) is 0 Å². The Morgan fingerprint density at radius 2 is 1.37 bits per heavy atom. The van der Waals surface area contributed by atoms with Crippen molar-refractivity contribution in [3.8, 4) is 0 Å². The van der Waals surface area contributed by atoms with Crippen molar-refractivity contribution in [3.05, 3.63) is 68.5 Å². The molecule has 0 atom stereocenters. The largest absolute Gasteiger partial charge is 0.698 e. The molecule has 0 spiro atoms. The van der Waals surface area contributed by atoms with Crippen LogP contribution in [0.15, 0.2) is 34.8 Å². The van der Waals surface area contributed by atoms with Crippen molar-refractivity contribution in [1.29, 1.82) is 0 Å². The van der Waals surface area contributed by atoms with Crippen LogP contribution in [0.4, 0.5) is 11.4 Å². The molecule has 2 aliphatic heterocycles. The van der Waals surface area contributed by atoms with Crippen LogP contribution in [-0.4, -0.2) is 37.0 Å². The quantitative estimate of drug-likeness (QED) is 0.353. The molecular formula is C20H25Ac2BrN4-2. The van der Waals surface area contributed by atoms with Crippen molar-refractivity contribution in [3.63, 3.8) is 0 Å². The fraction of sp³-hybridized carbons (Fsp3) is 0.400. The Hall–Kier alpha value is 1.32. The molecule has 2 heterocycles. The van der Waals surface area contributed by atoms with E-state index >= 15 is 0 Å². The fourth-order valence-corrected chi connectivity index (χ4v) is 4.02. The molecule has 0 amide bonds. The van der Waals surface area contributed by atoms with E-state index in [-0.39, 0.29) is 88.1 Å². The van der Waals surface area contributed by atoms with E-state index in [1.165, 1.54) is 22.3 Å². The number of halogens is 1. The summed E-state index contributed by atoms with van der Waals surface area (Å²) in [6.07, 6.45) is 2.04. The number of fused-ring (bicyclic) bond motifs is 2. The predicted octanol–water partition coefficient (Wildman–Crippen LogP) is 5.48. The molecule has 2 aromatic carbocycles. The van der Waals surface area contributed by atoms with Crippen molar-refractivity contribution >= 4 is 27.3 Å². The molecule has 2 N–H and O–H groups in total. The zero-order valence-corrected chi connectivity index (χ0v) is 27.1. The minimum atomic E-state index is 0. The molecule has 4 rings (SSSR count). The fourth-order valence-electron chi connectivity index (χ4n) is 3.52. The summed E-state index contributed by atoms with van der Waals surface area (Å²) in [6.45, 7) is 4.11. The summed E-state index contributed by atoms with van der Waals surface area (Å²) in [6, 6.07) is 9.82. The first kappa shape index (κ1) is 26.4. The van der Waals surface area contributed by atoms with Gasteiger partial charge in [0, 0.05) is 119 Å². The maximum absolute atomic E-state index is 7.77. The summed E-state index contributed by atoms with van der Waals surface area (Å²) in [5.41, 5.74) is 21.9. The zero-order valence-electron chi connectivity index (χ0n) is 16.1. The Bertz CT molecular complexity index is 770. The third-order valence-electron chi connectivity index (χ3n) is 5.00. The van der Waals surface area contributed by atoms with Crippen molar-refractivity contribution in [1.82, 2.24) is 9.80 Å². The van der Waals surface area contributed by atoms with Crippen LogP contribution < -0.4 is 0 Å². The summed E-state index contributed by atoms with van der Waals surface area (Å²) in [7, 11) is 4.24. The summed E-state index contributed by atoms with van der Waals surface area (Å²) in [5.74, 6) is 0. The molecular weight excluding hydrogens is 830 g/mol. The monoisotopic (exact) mass is 854 g/mol. The number of rotatable bonds is 0. The molecule has 4 nitrogen and oxygen atoms in total. The molecule has 0 aromatic heterocycles. The van der Waals surface area contributed by atoms with Crippen LogP contribution in [0, 0.1) is 88.1 Å². The van der Waals surface area contributed by atoms with Crippen molar-refractivity contribution < 1.29 is 88.1 Å². The Morgan fingerprint density at radius 3 is 2.07 bits per heavy atom. The Kier molecular flexibility index (Phi) is 12.0. The predicted molar refractivity (Wildman–Crippen MR) is 109 cm³/mol. The number of hydrogen-bond acceptors (Lipinski definition) is 2. The van der Waals surface area contributed by atoms with E-state index in [1.54, 1.807) is 0 Å². The third-order valence-corrected chi connectivity index (χ3v) is 5.75. The molecule has 0 aliphatic carbocycles. The van der Waals surface area contributed by atoms with E-state index in [1.807, 2.05) is 24.3 Å². The van der Waals surface area contributed by atoms with Gasteiger partial charge in [0.15, 0.2) is 0 Å². The number of hydrogen-bond donors (Lipinski definition) is 0. The minimum Gasteiger partial charge on any atom is -0.698 e. The second-order valence-electron chi connectivity index (χ2n) is 6.97. The maximum atomic E-state index is 7.77. The van der Waals surface area contributed by atoms with Crippen LogP contribution in [0.2, 0.25) is 0 Å². The molecule has 0 bridgehead atoms. The number of likely N-dealkylation sites (N-methyl/N-ethyl adjacent to an activating group) is 2. The van der Waals surface area contributed by atoms with E-state index in [9.17, 15) is 0 Å². The molecule has 27 heavy (non-hydrogen) atoms. The van der Waals surface area contributed by atoms with Gasteiger partial charge in [0.05, 0.1) is 0 Å². The van der Waals surface area contributed by atoms with Crippen LogP contribution in [-0.2, 0) is 25.9 Å². The van der Waals surface area contributed by atoms with E-state index in [0.29, 0.717) is 11.4 Å². The first-order valence-electron chi connectivity index (χ1n) is 8.67. The average Bonchev–Trinajstić information content (AvgIpc) is 2.59. The van der Waals surface area contributed by atoms with Gasteiger partial charge in [-0.25, -0.2) is 0 Å². The van der Waals surface area contributed by atoms with Gasteiger partial charge in [-0.3, -0.25) is 0 Å². The van der Waals surface area contributed by atoms with Gasteiger partial charge in [-0.05, 0) is 44.1 Å². The summed E-state index contributed by atoms with van der Waals surface area (Å²) >= 11 is 3.53. The van der Waals surface area contributed by atoms with Gasteiger partial charge in [-0.2, -0.15) is 0 Å². The topological polar surface area (TPSA) is 54.1 Å². The van der Waals surface area contributed by atoms with Gasteiger partial charge >= 0.3 is 0 Å². The van der Waals surface area contributed by atoms with E-state index in [4.69, 9.17) is 11.5 Å². The second-order valence-corrected chi connectivity index (χ2v) is 7.83. The van der Waals surface area contributed by atoms with Crippen molar-refractivity contribution in [2.75, 3.05) is 27.2 Å². The first-order chi connectivity index (χ1) is 12.0. The Labute approximate surface area is 243 Å². The van der Waals surface area contributed by atoms with E-state index in [0.717, 1.165) is 43.5 Å². The third kappa shape index (κ3) is 6.92. The van der Waals surface area contributed by atoms with E-state index < -0.39 is 0 Å². The molecule has 2 aliphatic rings. The maximum Gasteiger partial charge on any atom is 0.0244 e. The van der Waals surface area contributed by atoms with Crippen molar-refractivity contribution in [2.24, 2.45) is 0 Å². The van der Waals surface area contributed by atoms with Gasteiger partial charge < -0.3 is 21.3 Å². The van der Waals surface area contributed by atoms with Gasteiger partial charge in [-0.1, -0.05) is 51.3 Å². The SMILES string of the molecule is CN1CCc2c([NH-])ccc(Br)c2C1.CN1CCc2c([NH-])cccc2C1.[Ac].[Ac]. The standard InChI is InChI=1S/C10H12BrN2.C10H13N2.2Ac/c1-13-5-4-7-8(6-13)9(11)2-3-10(7)12;1-12-6-5-9-8(7-12)3-2-4-10(9)11;;/h2-3,12H,4-6H2,1H3;2-4,11H,5-7H2,1H3;;/q2*-1;;. The molecule has 0 fully saturated rings. The van der Waals surface area contributed by atoms with Gasteiger partial charge in [0.1, 0.15) is 0 Å². The molecule has 0 saturated carbocycles. The molecule has 0 unspecified atom stereocenters. The molecule has 140 valence electrons. The molecule has 7 heteroatoms. The number of nitrogens with zero attached hydrogens (tertiary/aromatic N) is 2. The van der Waals surface area contributed by atoms with Crippen LogP contribution in [0.5, 0.6) is 0 Å². The van der Waals surface area contributed by atoms with Crippen LogP contribution in [0.3, 0.4) is 0 Å². The smallest absolute Gasteiger partial charge is 0.0244 e. The normalized spacial score (nSPS) is 16.0. The van der Waals surface area contributed by atoms with Crippen molar-refractivity contribution in [2.45, 2.75) is 25.9 Å². The summed E-state index contributed by atoms with van der Waals surface area (Å²) < 4.78 is 1.14. The zero-order chi connectivity index (χ0) is 18.0. The van der Waals surface area contributed by atoms with Crippen LogP contribution in [0.25, 0.3) is 11.5 Å². The second kappa shape index (κ2) is 12.2. The minimum absolute atomic E-state index is 0. The molecule has 2 aromatic rings. The van der Waals surface area contributed by atoms with Gasteiger partial charge in [0.2, 0.25) is 0 Å². The van der Waals surface area contributed by atoms with Crippen LogP contribution >= 0.6 is 15.9 Å². The van der Waals surface area contributed by atoms with Crippen LogP contribution in [0.1, 0.15) is 22.3 Å². The number of nitrogens with one attached hydrogen (secondary N) is 2. The number of benzene rings is 2. The Balaban J connectivity index is 0.000000252. The van der Waals surface area contributed by atoms with Gasteiger partial charge in [-0.15, -0.1) is 11.4 Å². The molecule has 2 radical (unpaired) electrons. The first-order valence-corrected chi connectivity index (χ1v) is 9.46. The summed E-state index contributed by atoms with van der Waals surface area (Å²) in [5, 5.41) is 0. The molecule has 0 saturated heterocycles. The average molecular weight is 855 g/mol. The van der Waals surface area contributed by atoms with E-state index in [2.05, 4.69) is 45.9 Å².